The van der Waals surface area contributed by atoms with Crippen molar-refractivity contribution in [2.75, 3.05) is 0 Å². The number of hydrogen-bond donors (Lipinski definition) is 0. The Kier molecular flexibility index (Phi) is 7.40. The summed E-state index contributed by atoms with van der Waals surface area (Å²) in [5, 5.41) is 0. The largest absolute Gasteiger partial charge is 0.0807 e. The Morgan fingerprint density at radius 1 is 0.558 bits per heavy atom. The zero-order valence-corrected chi connectivity index (χ0v) is 26.7. The minimum atomic E-state index is -0.0296. The van der Waals surface area contributed by atoms with Crippen LogP contribution in [0.4, 0.5) is 0 Å². The van der Waals surface area contributed by atoms with E-state index in [-0.39, 0.29) is 5.41 Å². The van der Waals surface area contributed by atoms with E-state index >= 15 is 0 Å². The lowest BCUT2D eigenvalue weighted by atomic mass is 9.52. The van der Waals surface area contributed by atoms with E-state index < -0.39 is 0 Å². The van der Waals surface area contributed by atoms with Crippen molar-refractivity contribution in [3.8, 4) is 0 Å². The molecule has 6 aliphatic rings. The van der Waals surface area contributed by atoms with Crippen molar-refractivity contribution in [2.45, 2.75) is 96.3 Å². The van der Waals surface area contributed by atoms with Crippen LogP contribution in [0.2, 0.25) is 0 Å². The third-order valence-electron chi connectivity index (χ3n) is 13.3. The lowest BCUT2D eigenvalue weighted by molar-refractivity contribution is 0.111. The van der Waals surface area contributed by atoms with Crippen molar-refractivity contribution in [1.82, 2.24) is 0 Å². The summed E-state index contributed by atoms with van der Waals surface area (Å²) in [6, 6.07) is 20.3. The van der Waals surface area contributed by atoms with Crippen LogP contribution in [0.1, 0.15) is 113 Å². The summed E-state index contributed by atoms with van der Waals surface area (Å²) in [6.07, 6.45) is 31.0. The van der Waals surface area contributed by atoms with Gasteiger partial charge in [-0.15, -0.1) is 0 Å². The molecule has 0 amide bonds. The standard InChI is InChI=1S/C43H52/c1-29-15-25-38-40(27-29)41-28-30(2)16-26-39(41)42(38)43(35-13-7-8-14-35,36-21-17-33(18-22-36)31-9-3-4-10-31)37-23-19-34(20-24-37)32-11-5-6-12-32/h7-9,11,13-14,17-24,29-30,35,38-42H,3-6,10,12,15-16,25-28H2,1-2H3. The maximum atomic E-state index is 2.58. The maximum Gasteiger partial charge on any atom is 0.0333 e. The van der Waals surface area contributed by atoms with E-state index in [0.717, 1.165) is 35.5 Å². The Bertz CT molecular complexity index is 1320. The molecule has 0 radical (unpaired) electrons. The zero-order chi connectivity index (χ0) is 29.0. The SMILES string of the molecule is CC1CCC2C(C1)C1CC(C)CCC1C2C(c1ccc(C2=CCCC2)cc1)(c1ccc(C2=CCCC2)cc1)C1C=CC=C1. The first-order valence-electron chi connectivity index (χ1n) is 18.1. The fraction of sp³-hybridized carbons (Fsp3) is 0.535. The molecule has 0 spiro atoms. The molecule has 0 N–H and O–H groups in total. The number of hydrogen-bond acceptors (Lipinski definition) is 0. The smallest absolute Gasteiger partial charge is 0.0333 e. The monoisotopic (exact) mass is 568 g/mol. The van der Waals surface area contributed by atoms with Crippen LogP contribution in [0, 0.1) is 47.3 Å². The molecule has 6 aliphatic carbocycles. The van der Waals surface area contributed by atoms with Crippen LogP contribution in [-0.4, -0.2) is 0 Å². The lowest BCUT2D eigenvalue weighted by Gasteiger charge is -2.50. The molecule has 3 fully saturated rings. The molecule has 0 heteroatoms. The zero-order valence-electron chi connectivity index (χ0n) is 26.7. The predicted octanol–water partition coefficient (Wildman–Crippen LogP) is 11.6. The summed E-state index contributed by atoms with van der Waals surface area (Å²) in [5.74, 6) is 6.33. The fourth-order valence-electron chi connectivity index (χ4n) is 11.4. The Hall–Kier alpha value is -2.60. The number of allylic oxidation sites excluding steroid dienone is 8. The molecule has 8 rings (SSSR count). The van der Waals surface area contributed by atoms with E-state index in [1.807, 2.05) is 0 Å². The Morgan fingerprint density at radius 3 is 1.44 bits per heavy atom. The number of rotatable bonds is 6. The number of fused-ring (bicyclic) bond motifs is 3. The van der Waals surface area contributed by atoms with Gasteiger partial charge in [0, 0.05) is 11.3 Å². The van der Waals surface area contributed by atoms with Crippen LogP contribution in [0.25, 0.3) is 11.1 Å². The van der Waals surface area contributed by atoms with Gasteiger partial charge in [-0.05, 0) is 139 Å². The summed E-state index contributed by atoms with van der Waals surface area (Å²) in [7, 11) is 0. The summed E-state index contributed by atoms with van der Waals surface area (Å²) in [5.41, 5.74) is 9.16. The fourth-order valence-corrected chi connectivity index (χ4v) is 11.4. The molecule has 2 aromatic carbocycles. The Morgan fingerprint density at radius 2 is 1.02 bits per heavy atom. The van der Waals surface area contributed by atoms with E-state index in [4.69, 9.17) is 0 Å². The van der Waals surface area contributed by atoms with Gasteiger partial charge in [0.15, 0.2) is 0 Å². The van der Waals surface area contributed by atoms with Crippen LogP contribution < -0.4 is 0 Å². The predicted molar refractivity (Wildman–Crippen MR) is 183 cm³/mol. The molecule has 0 aliphatic heterocycles. The summed E-state index contributed by atoms with van der Waals surface area (Å²) in [6.45, 7) is 5.10. The van der Waals surface area contributed by atoms with Crippen molar-refractivity contribution >= 4 is 11.1 Å². The second kappa shape index (κ2) is 11.4. The van der Waals surface area contributed by atoms with E-state index in [1.54, 1.807) is 22.3 Å². The molecule has 0 heterocycles. The van der Waals surface area contributed by atoms with Gasteiger partial charge in [-0.1, -0.05) is 112 Å². The molecule has 224 valence electrons. The van der Waals surface area contributed by atoms with E-state index in [1.165, 1.54) is 88.2 Å². The van der Waals surface area contributed by atoms with Gasteiger partial charge in [0.05, 0.1) is 0 Å². The van der Waals surface area contributed by atoms with Gasteiger partial charge in [0.2, 0.25) is 0 Å². The lowest BCUT2D eigenvalue weighted by Crippen LogP contribution is -2.47. The highest BCUT2D eigenvalue weighted by molar-refractivity contribution is 5.69. The van der Waals surface area contributed by atoms with E-state index in [2.05, 4.69) is 98.8 Å². The van der Waals surface area contributed by atoms with E-state index in [9.17, 15) is 0 Å². The second-order valence-corrected chi connectivity index (χ2v) is 15.6. The summed E-state index contributed by atoms with van der Waals surface area (Å²) >= 11 is 0. The highest BCUT2D eigenvalue weighted by Gasteiger charge is 2.61. The van der Waals surface area contributed by atoms with Crippen molar-refractivity contribution in [3.63, 3.8) is 0 Å². The normalized spacial score (nSPS) is 33.9. The molecule has 2 aromatic rings. The average molecular weight is 569 g/mol. The second-order valence-electron chi connectivity index (χ2n) is 15.6. The highest BCUT2D eigenvalue weighted by Crippen LogP contribution is 2.66. The molecule has 0 bridgehead atoms. The molecule has 6 atom stereocenters. The molecule has 0 aromatic heterocycles. The third-order valence-corrected chi connectivity index (χ3v) is 13.3. The highest BCUT2D eigenvalue weighted by atomic mass is 14.6. The van der Waals surface area contributed by atoms with Gasteiger partial charge in [-0.3, -0.25) is 0 Å². The average Bonchev–Trinajstić information content (AvgIpc) is 3.87. The molecule has 0 saturated heterocycles. The molecular formula is C43H52. The topological polar surface area (TPSA) is 0 Å². The maximum absolute atomic E-state index is 2.58. The van der Waals surface area contributed by atoms with Crippen LogP contribution >= 0.6 is 0 Å². The van der Waals surface area contributed by atoms with Gasteiger partial charge in [-0.25, -0.2) is 0 Å². The molecule has 43 heavy (non-hydrogen) atoms. The minimum absolute atomic E-state index is 0.0296. The molecule has 6 unspecified atom stereocenters. The summed E-state index contributed by atoms with van der Waals surface area (Å²) in [4.78, 5) is 0. The minimum Gasteiger partial charge on any atom is -0.0807 e. The van der Waals surface area contributed by atoms with Crippen molar-refractivity contribution < 1.29 is 0 Å². The van der Waals surface area contributed by atoms with Gasteiger partial charge >= 0.3 is 0 Å². The van der Waals surface area contributed by atoms with Gasteiger partial charge in [0.1, 0.15) is 0 Å². The van der Waals surface area contributed by atoms with Gasteiger partial charge < -0.3 is 0 Å². The first kappa shape index (κ1) is 27.9. The van der Waals surface area contributed by atoms with Crippen molar-refractivity contribution in [1.29, 1.82) is 0 Å². The Balaban J connectivity index is 1.32. The Labute approximate surface area is 261 Å². The molecular weight excluding hydrogens is 516 g/mol. The van der Waals surface area contributed by atoms with Crippen LogP contribution in [-0.2, 0) is 5.41 Å². The van der Waals surface area contributed by atoms with Crippen molar-refractivity contribution in [3.05, 3.63) is 107 Å². The van der Waals surface area contributed by atoms with E-state index in [0.29, 0.717) is 11.8 Å². The first-order valence-corrected chi connectivity index (χ1v) is 18.1. The van der Waals surface area contributed by atoms with Gasteiger partial charge in [0.25, 0.3) is 0 Å². The van der Waals surface area contributed by atoms with Crippen LogP contribution in [0.3, 0.4) is 0 Å². The molecule has 0 nitrogen and oxygen atoms in total. The van der Waals surface area contributed by atoms with Gasteiger partial charge in [-0.2, -0.15) is 0 Å². The van der Waals surface area contributed by atoms with Crippen molar-refractivity contribution in [2.24, 2.45) is 47.3 Å². The number of benzene rings is 2. The first-order chi connectivity index (χ1) is 21.1. The molecule has 3 saturated carbocycles. The third kappa shape index (κ3) is 4.69. The quantitative estimate of drug-likeness (QED) is 0.325. The van der Waals surface area contributed by atoms with Crippen LogP contribution in [0.15, 0.2) is 85.0 Å². The summed E-state index contributed by atoms with van der Waals surface area (Å²) < 4.78 is 0. The van der Waals surface area contributed by atoms with Crippen LogP contribution in [0.5, 0.6) is 0 Å².